The molecule has 4 nitrogen and oxygen atoms in total. The maximum Gasteiger partial charge on any atom is 0.239 e. The Kier molecular flexibility index (Phi) is 6.21. The largest absolute Gasteiger partial charge is 0.376 e. The van der Waals surface area contributed by atoms with E-state index < -0.39 is 6.04 Å². The molecule has 2 atom stereocenters. The highest BCUT2D eigenvalue weighted by molar-refractivity contribution is 7.09. The van der Waals surface area contributed by atoms with Crippen molar-refractivity contribution in [1.82, 2.24) is 4.90 Å². The summed E-state index contributed by atoms with van der Waals surface area (Å²) in [5.74, 6) is 0.475. The summed E-state index contributed by atoms with van der Waals surface area (Å²) in [4.78, 5) is 15.7. The van der Waals surface area contributed by atoms with E-state index in [1.54, 1.807) is 11.3 Å². The average Bonchev–Trinajstić information content (AvgIpc) is 3.09. The van der Waals surface area contributed by atoms with Crippen LogP contribution < -0.4 is 5.73 Å². The number of nitrogens with two attached hydrogens (primary N) is 1. The Hall–Kier alpha value is -0.910. The molecular formula is C16H26N2O2S. The van der Waals surface area contributed by atoms with E-state index in [2.05, 4.69) is 19.9 Å². The normalized spacial score (nSPS) is 19.9. The number of rotatable bonds is 7. The number of amides is 1. The van der Waals surface area contributed by atoms with Crippen LogP contribution in [0.2, 0.25) is 0 Å². The first-order valence-electron chi connectivity index (χ1n) is 7.74. The molecule has 0 spiro atoms. The zero-order valence-electron chi connectivity index (χ0n) is 13.0. The second-order valence-electron chi connectivity index (χ2n) is 6.17. The summed E-state index contributed by atoms with van der Waals surface area (Å²) in [5.41, 5.74) is 6.09. The molecule has 5 heteroatoms. The Bertz CT molecular complexity index is 427. The van der Waals surface area contributed by atoms with Crippen molar-refractivity contribution in [2.75, 3.05) is 13.2 Å². The third kappa shape index (κ3) is 5.09. The van der Waals surface area contributed by atoms with Crippen LogP contribution >= 0.6 is 11.3 Å². The Morgan fingerprint density at radius 1 is 1.57 bits per heavy atom. The Morgan fingerprint density at radius 3 is 2.95 bits per heavy atom. The topological polar surface area (TPSA) is 55.6 Å². The molecule has 1 aromatic heterocycles. The molecule has 2 rings (SSSR count). The summed E-state index contributed by atoms with van der Waals surface area (Å²) in [6, 6.07) is 3.67. The van der Waals surface area contributed by atoms with Crippen LogP contribution in [-0.2, 0) is 16.1 Å². The SMILES string of the molecule is CC(C)CC(N)C(=O)N(Cc1cccs1)CC1CCCO1. The van der Waals surface area contributed by atoms with E-state index in [-0.39, 0.29) is 12.0 Å². The van der Waals surface area contributed by atoms with Gasteiger partial charge in [-0.1, -0.05) is 19.9 Å². The summed E-state index contributed by atoms with van der Waals surface area (Å²) < 4.78 is 5.68. The molecule has 1 aromatic rings. The van der Waals surface area contributed by atoms with Crippen molar-refractivity contribution in [2.24, 2.45) is 11.7 Å². The molecule has 1 aliphatic heterocycles. The molecule has 21 heavy (non-hydrogen) atoms. The maximum atomic E-state index is 12.6. The fourth-order valence-electron chi connectivity index (χ4n) is 2.70. The van der Waals surface area contributed by atoms with Gasteiger partial charge in [-0.2, -0.15) is 0 Å². The van der Waals surface area contributed by atoms with Gasteiger partial charge in [0.2, 0.25) is 5.91 Å². The molecule has 0 aliphatic carbocycles. The fraction of sp³-hybridized carbons (Fsp3) is 0.688. The van der Waals surface area contributed by atoms with Gasteiger partial charge in [0.05, 0.1) is 18.7 Å². The molecule has 1 fully saturated rings. The highest BCUT2D eigenvalue weighted by atomic mass is 32.1. The smallest absolute Gasteiger partial charge is 0.239 e. The molecule has 1 aliphatic rings. The van der Waals surface area contributed by atoms with Crippen LogP contribution in [0.1, 0.15) is 38.0 Å². The lowest BCUT2D eigenvalue weighted by molar-refractivity contribution is -0.135. The second kappa shape index (κ2) is 7.92. The number of carbonyl (C=O) groups is 1. The lowest BCUT2D eigenvalue weighted by Gasteiger charge is -2.28. The van der Waals surface area contributed by atoms with E-state index in [1.165, 1.54) is 4.88 Å². The molecule has 2 heterocycles. The maximum absolute atomic E-state index is 12.6. The van der Waals surface area contributed by atoms with Gasteiger partial charge in [0.25, 0.3) is 0 Å². The van der Waals surface area contributed by atoms with Crippen molar-refractivity contribution in [1.29, 1.82) is 0 Å². The molecule has 0 aromatic carbocycles. The fourth-order valence-corrected chi connectivity index (χ4v) is 3.42. The predicted octanol–water partition coefficient (Wildman–Crippen LogP) is 2.63. The van der Waals surface area contributed by atoms with Crippen molar-refractivity contribution in [3.8, 4) is 0 Å². The van der Waals surface area contributed by atoms with Gasteiger partial charge in [-0.15, -0.1) is 11.3 Å². The summed E-state index contributed by atoms with van der Waals surface area (Å²) >= 11 is 1.68. The van der Waals surface area contributed by atoms with Crippen molar-refractivity contribution >= 4 is 17.2 Å². The van der Waals surface area contributed by atoms with Gasteiger partial charge in [0.15, 0.2) is 0 Å². The van der Waals surface area contributed by atoms with Gasteiger partial charge < -0.3 is 15.4 Å². The van der Waals surface area contributed by atoms with Gasteiger partial charge >= 0.3 is 0 Å². The second-order valence-corrected chi connectivity index (χ2v) is 7.20. The number of nitrogens with zero attached hydrogens (tertiary/aromatic N) is 1. The van der Waals surface area contributed by atoms with Gasteiger partial charge in [-0.05, 0) is 36.6 Å². The highest BCUT2D eigenvalue weighted by Crippen LogP contribution is 2.18. The Morgan fingerprint density at radius 2 is 2.38 bits per heavy atom. The molecular weight excluding hydrogens is 284 g/mol. The lowest BCUT2D eigenvalue weighted by Crippen LogP contribution is -2.46. The van der Waals surface area contributed by atoms with Crippen molar-refractivity contribution in [2.45, 2.75) is 51.8 Å². The van der Waals surface area contributed by atoms with Gasteiger partial charge in [0, 0.05) is 18.0 Å². The first kappa shape index (κ1) is 16.5. The molecule has 0 bridgehead atoms. The summed E-state index contributed by atoms with van der Waals surface area (Å²) in [5, 5.41) is 2.04. The average molecular weight is 310 g/mol. The zero-order chi connectivity index (χ0) is 15.2. The van der Waals surface area contributed by atoms with Gasteiger partial charge in [-0.3, -0.25) is 4.79 Å². The zero-order valence-corrected chi connectivity index (χ0v) is 13.8. The van der Waals surface area contributed by atoms with Crippen LogP contribution in [-0.4, -0.2) is 36.1 Å². The van der Waals surface area contributed by atoms with E-state index in [4.69, 9.17) is 10.5 Å². The van der Waals surface area contributed by atoms with Gasteiger partial charge in [0.1, 0.15) is 0 Å². The van der Waals surface area contributed by atoms with E-state index >= 15 is 0 Å². The first-order valence-corrected chi connectivity index (χ1v) is 8.62. The molecule has 1 saturated heterocycles. The van der Waals surface area contributed by atoms with Crippen LogP contribution in [0.15, 0.2) is 17.5 Å². The van der Waals surface area contributed by atoms with Crippen LogP contribution in [0.3, 0.4) is 0 Å². The molecule has 0 saturated carbocycles. The Balaban J connectivity index is 2.00. The molecule has 2 unspecified atom stereocenters. The van der Waals surface area contributed by atoms with Crippen LogP contribution in [0.4, 0.5) is 0 Å². The minimum atomic E-state index is -0.411. The summed E-state index contributed by atoms with van der Waals surface area (Å²) in [7, 11) is 0. The monoisotopic (exact) mass is 310 g/mol. The quantitative estimate of drug-likeness (QED) is 0.842. The summed E-state index contributed by atoms with van der Waals surface area (Å²) in [6.07, 6.45) is 3.02. The van der Waals surface area contributed by atoms with Crippen LogP contribution in [0.25, 0.3) is 0 Å². The van der Waals surface area contributed by atoms with Gasteiger partial charge in [-0.25, -0.2) is 0 Å². The highest BCUT2D eigenvalue weighted by Gasteiger charge is 2.26. The van der Waals surface area contributed by atoms with Crippen LogP contribution in [0.5, 0.6) is 0 Å². The molecule has 0 radical (unpaired) electrons. The van der Waals surface area contributed by atoms with Crippen molar-refractivity contribution in [3.63, 3.8) is 0 Å². The predicted molar refractivity (Wildman–Crippen MR) is 86.1 cm³/mol. The molecule has 118 valence electrons. The number of ether oxygens (including phenoxy) is 1. The van der Waals surface area contributed by atoms with E-state index in [1.807, 2.05) is 16.3 Å². The summed E-state index contributed by atoms with van der Waals surface area (Å²) in [6.45, 7) is 6.29. The third-order valence-corrected chi connectivity index (χ3v) is 4.59. The van der Waals surface area contributed by atoms with E-state index in [9.17, 15) is 4.79 Å². The molecule has 2 N–H and O–H groups in total. The minimum Gasteiger partial charge on any atom is -0.376 e. The van der Waals surface area contributed by atoms with Crippen LogP contribution in [0, 0.1) is 5.92 Å². The number of hydrogen-bond donors (Lipinski definition) is 1. The number of hydrogen-bond acceptors (Lipinski definition) is 4. The first-order chi connectivity index (χ1) is 10.1. The third-order valence-electron chi connectivity index (χ3n) is 3.73. The lowest BCUT2D eigenvalue weighted by atomic mass is 10.0. The number of thiophene rings is 1. The van der Waals surface area contributed by atoms with Crippen molar-refractivity contribution < 1.29 is 9.53 Å². The van der Waals surface area contributed by atoms with E-state index in [0.717, 1.165) is 25.9 Å². The number of carbonyl (C=O) groups excluding carboxylic acids is 1. The minimum absolute atomic E-state index is 0.0487. The van der Waals surface area contributed by atoms with E-state index in [0.29, 0.717) is 19.0 Å². The standard InChI is InChI=1S/C16H26N2O2S/c1-12(2)9-15(17)16(19)18(10-13-5-3-7-20-13)11-14-6-4-8-21-14/h4,6,8,12-13,15H,3,5,7,9-11,17H2,1-2H3. The Labute approximate surface area is 131 Å². The molecule has 1 amide bonds. The van der Waals surface area contributed by atoms with Crippen molar-refractivity contribution in [3.05, 3.63) is 22.4 Å².